The fourth-order valence-corrected chi connectivity index (χ4v) is 3.63. The summed E-state index contributed by atoms with van der Waals surface area (Å²) in [6, 6.07) is 5.60. The Hall–Kier alpha value is -1.29. The van der Waals surface area contributed by atoms with E-state index in [1.807, 2.05) is 18.2 Å². The second kappa shape index (κ2) is 6.22. The molecule has 0 saturated heterocycles. The Balaban J connectivity index is 2.23. The van der Waals surface area contributed by atoms with Crippen molar-refractivity contribution in [3.05, 3.63) is 23.8 Å². The molecule has 2 rings (SSSR count). The van der Waals surface area contributed by atoms with Crippen molar-refractivity contribution in [1.82, 2.24) is 0 Å². The minimum absolute atomic E-state index is 0.198. The van der Waals surface area contributed by atoms with Crippen molar-refractivity contribution in [2.24, 2.45) is 17.1 Å². The molecule has 0 bridgehead atoms. The van der Waals surface area contributed by atoms with E-state index < -0.39 is 0 Å². The lowest BCUT2D eigenvalue weighted by Gasteiger charge is -2.39. The lowest BCUT2D eigenvalue weighted by atomic mass is 9.71. The molecule has 1 aliphatic carbocycles. The maximum Gasteiger partial charge on any atom is 0.133 e. The van der Waals surface area contributed by atoms with E-state index in [9.17, 15) is 0 Å². The first kappa shape index (κ1) is 16.1. The summed E-state index contributed by atoms with van der Waals surface area (Å²) in [6.45, 7) is 6.90. The van der Waals surface area contributed by atoms with Gasteiger partial charge in [0, 0.05) is 6.07 Å². The minimum Gasteiger partial charge on any atom is -0.497 e. The Bertz CT molecular complexity index is 528. The first-order valence-electron chi connectivity index (χ1n) is 7.45. The Kier molecular flexibility index (Phi) is 4.77. The van der Waals surface area contributed by atoms with Gasteiger partial charge in [-0.15, -0.1) is 0 Å². The molecule has 0 spiro atoms. The molecule has 0 amide bonds. The number of hydrogen-bond donors (Lipinski definition) is 1. The van der Waals surface area contributed by atoms with Gasteiger partial charge in [-0.3, -0.25) is 0 Å². The van der Waals surface area contributed by atoms with Crippen molar-refractivity contribution >= 4 is 17.2 Å². The highest BCUT2D eigenvalue weighted by atomic mass is 32.1. The van der Waals surface area contributed by atoms with Crippen LogP contribution in [0.25, 0.3) is 0 Å². The average Bonchev–Trinajstić information content (AvgIpc) is 2.35. The molecular formula is C17H25NO2S. The van der Waals surface area contributed by atoms with Gasteiger partial charge in [-0.1, -0.05) is 33.0 Å². The third-order valence-corrected chi connectivity index (χ3v) is 4.31. The van der Waals surface area contributed by atoms with Crippen LogP contribution in [0.5, 0.6) is 11.5 Å². The molecule has 116 valence electrons. The number of ether oxygens (including phenoxy) is 2. The van der Waals surface area contributed by atoms with Crippen LogP contribution in [0.3, 0.4) is 0 Å². The predicted molar refractivity (Wildman–Crippen MR) is 90.1 cm³/mol. The summed E-state index contributed by atoms with van der Waals surface area (Å²) >= 11 is 5.12. The largest absolute Gasteiger partial charge is 0.497 e. The standard InChI is InChI=1S/C17H25NO2S/c1-11-7-13(10-17(2,3)9-11)20-15-8-12(19-4)5-6-14(15)16(18)21/h5-6,8,11,13H,7,9-10H2,1-4H3,(H2,18,21). The first-order valence-corrected chi connectivity index (χ1v) is 7.86. The number of methoxy groups -OCH3 is 1. The van der Waals surface area contributed by atoms with Crippen LogP contribution in [-0.2, 0) is 0 Å². The molecule has 1 aromatic rings. The van der Waals surface area contributed by atoms with Crippen molar-refractivity contribution in [1.29, 1.82) is 0 Å². The van der Waals surface area contributed by atoms with Crippen molar-refractivity contribution in [3.8, 4) is 11.5 Å². The van der Waals surface area contributed by atoms with Gasteiger partial charge in [0.2, 0.25) is 0 Å². The summed E-state index contributed by atoms with van der Waals surface area (Å²) in [7, 11) is 1.64. The van der Waals surface area contributed by atoms with Crippen LogP contribution in [0, 0.1) is 11.3 Å². The summed E-state index contributed by atoms with van der Waals surface area (Å²) in [5.41, 5.74) is 6.89. The van der Waals surface area contributed by atoms with Crippen LogP contribution in [0.15, 0.2) is 18.2 Å². The molecule has 21 heavy (non-hydrogen) atoms. The van der Waals surface area contributed by atoms with Gasteiger partial charge in [0.15, 0.2) is 0 Å². The molecule has 0 aromatic heterocycles. The van der Waals surface area contributed by atoms with Crippen LogP contribution in [-0.4, -0.2) is 18.2 Å². The lowest BCUT2D eigenvalue weighted by Crippen LogP contribution is -2.34. The minimum atomic E-state index is 0.198. The van der Waals surface area contributed by atoms with Crippen molar-refractivity contribution in [2.45, 2.75) is 46.1 Å². The third kappa shape index (κ3) is 4.10. The SMILES string of the molecule is COc1ccc(C(N)=S)c(OC2CC(C)CC(C)(C)C2)c1. The number of thiocarbonyl (C=S) groups is 1. The summed E-state index contributed by atoms with van der Waals surface area (Å²) in [4.78, 5) is 0.357. The second-order valence-corrected chi connectivity index (χ2v) is 7.32. The molecule has 2 unspecified atom stereocenters. The summed E-state index contributed by atoms with van der Waals surface area (Å²) in [6.07, 6.45) is 3.56. The molecule has 2 N–H and O–H groups in total. The maximum atomic E-state index is 6.25. The topological polar surface area (TPSA) is 44.5 Å². The first-order chi connectivity index (χ1) is 9.80. The smallest absolute Gasteiger partial charge is 0.133 e. The van der Waals surface area contributed by atoms with Crippen molar-refractivity contribution < 1.29 is 9.47 Å². The van der Waals surface area contributed by atoms with Crippen molar-refractivity contribution in [3.63, 3.8) is 0 Å². The van der Waals surface area contributed by atoms with Crippen LogP contribution in [0.2, 0.25) is 0 Å². The number of benzene rings is 1. The molecule has 0 radical (unpaired) electrons. The number of hydrogen-bond acceptors (Lipinski definition) is 3. The number of nitrogens with two attached hydrogens (primary N) is 1. The van der Waals surface area contributed by atoms with Gasteiger partial charge in [-0.05, 0) is 42.7 Å². The number of rotatable bonds is 4. The van der Waals surface area contributed by atoms with E-state index in [-0.39, 0.29) is 6.10 Å². The van der Waals surface area contributed by atoms with Gasteiger partial charge in [-0.25, -0.2) is 0 Å². The third-order valence-electron chi connectivity index (χ3n) is 4.09. The molecule has 1 saturated carbocycles. The van der Waals surface area contributed by atoms with Gasteiger partial charge in [0.25, 0.3) is 0 Å². The second-order valence-electron chi connectivity index (χ2n) is 6.88. The average molecular weight is 307 g/mol. The Labute approximate surface area is 132 Å². The Morgan fingerprint density at radius 3 is 2.62 bits per heavy atom. The van der Waals surface area contributed by atoms with Crippen LogP contribution in [0.1, 0.15) is 45.6 Å². The van der Waals surface area contributed by atoms with Crippen LogP contribution < -0.4 is 15.2 Å². The van der Waals surface area contributed by atoms with E-state index in [0.29, 0.717) is 16.3 Å². The van der Waals surface area contributed by atoms with Gasteiger partial charge in [-0.2, -0.15) is 0 Å². The summed E-state index contributed by atoms with van der Waals surface area (Å²) in [5, 5.41) is 0. The van der Waals surface area contributed by atoms with Gasteiger partial charge in [0.05, 0.1) is 18.8 Å². The molecule has 1 aromatic carbocycles. The normalized spacial score (nSPS) is 24.4. The molecule has 3 nitrogen and oxygen atoms in total. The molecule has 1 fully saturated rings. The van der Waals surface area contributed by atoms with Crippen LogP contribution >= 0.6 is 12.2 Å². The van der Waals surface area contributed by atoms with Gasteiger partial charge < -0.3 is 15.2 Å². The molecular weight excluding hydrogens is 282 g/mol. The van der Waals surface area contributed by atoms with E-state index in [2.05, 4.69) is 20.8 Å². The monoisotopic (exact) mass is 307 g/mol. The van der Waals surface area contributed by atoms with Crippen molar-refractivity contribution in [2.75, 3.05) is 7.11 Å². The van der Waals surface area contributed by atoms with E-state index in [1.54, 1.807) is 7.11 Å². The highest BCUT2D eigenvalue weighted by Gasteiger charge is 2.33. The zero-order chi connectivity index (χ0) is 15.6. The Morgan fingerprint density at radius 1 is 1.33 bits per heavy atom. The van der Waals surface area contributed by atoms with E-state index in [0.717, 1.165) is 29.9 Å². The maximum absolute atomic E-state index is 6.25. The molecule has 2 atom stereocenters. The summed E-state index contributed by atoms with van der Waals surface area (Å²) in [5.74, 6) is 2.16. The molecule has 4 heteroatoms. The molecule has 0 aliphatic heterocycles. The quantitative estimate of drug-likeness (QED) is 0.856. The van der Waals surface area contributed by atoms with E-state index >= 15 is 0 Å². The predicted octanol–water partition coefficient (Wildman–Crippen LogP) is 3.92. The highest BCUT2D eigenvalue weighted by molar-refractivity contribution is 7.80. The molecule has 1 aliphatic rings. The fraction of sp³-hybridized carbons (Fsp3) is 0.588. The van der Waals surface area contributed by atoms with Crippen LogP contribution in [0.4, 0.5) is 0 Å². The van der Waals surface area contributed by atoms with Gasteiger partial charge >= 0.3 is 0 Å². The van der Waals surface area contributed by atoms with E-state index in [1.165, 1.54) is 6.42 Å². The van der Waals surface area contributed by atoms with E-state index in [4.69, 9.17) is 27.4 Å². The Morgan fingerprint density at radius 2 is 2.05 bits per heavy atom. The summed E-state index contributed by atoms with van der Waals surface area (Å²) < 4.78 is 11.5. The highest BCUT2D eigenvalue weighted by Crippen LogP contribution is 2.40. The fourth-order valence-electron chi connectivity index (χ4n) is 3.46. The lowest BCUT2D eigenvalue weighted by molar-refractivity contribution is 0.0560. The molecule has 0 heterocycles. The zero-order valence-electron chi connectivity index (χ0n) is 13.3. The zero-order valence-corrected chi connectivity index (χ0v) is 14.1. The van der Waals surface area contributed by atoms with Gasteiger partial charge in [0.1, 0.15) is 16.5 Å².